The second-order valence-electron chi connectivity index (χ2n) is 6.08. The number of aliphatic carboxylic acids is 1. The van der Waals surface area contributed by atoms with Crippen molar-refractivity contribution in [3.05, 3.63) is 40.9 Å². The lowest BCUT2D eigenvalue weighted by molar-refractivity contribution is -0.166. The van der Waals surface area contributed by atoms with Gasteiger partial charge in [0.2, 0.25) is 5.91 Å². The summed E-state index contributed by atoms with van der Waals surface area (Å²) >= 11 is 0. The van der Waals surface area contributed by atoms with Crippen LogP contribution in [-0.2, 0) is 20.9 Å². The number of aromatic nitrogens is 2. The van der Waals surface area contributed by atoms with Crippen molar-refractivity contribution in [1.82, 2.24) is 14.5 Å². The highest BCUT2D eigenvalue weighted by Gasteiger charge is 2.32. The lowest BCUT2D eigenvalue weighted by atomic mass is 10.2. The first-order chi connectivity index (χ1) is 12.0. The normalized spacial score (nSPS) is 20.6. The van der Waals surface area contributed by atoms with E-state index in [1.165, 1.54) is 15.8 Å². The fourth-order valence-electron chi connectivity index (χ4n) is 2.93. The number of carbonyl (C=O) groups excluding carboxylic acids is 1. The maximum absolute atomic E-state index is 12.4. The van der Waals surface area contributed by atoms with Crippen molar-refractivity contribution in [1.29, 1.82) is 0 Å². The number of morpholine rings is 1. The number of rotatable bonds is 4. The molecule has 1 aliphatic rings. The summed E-state index contributed by atoms with van der Waals surface area (Å²) in [7, 11) is 0. The van der Waals surface area contributed by atoms with Crippen LogP contribution in [0.4, 0.5) is 0 Å². The predicted octanol–water partition coefficient (Wildman–Crippen LogP) is 0.487. The third kappa shape index (κ3) is 3.69. The van der Waals surface area contributed by atoms with Gasteiger partial charge in [-0.1, -0.05) is 12.1 Å². The molecule has 1 aromatic carbocycles. The van der Waals surface area contributed by atoms with E-state index in [0.717, 1.165) is 0 Å². The molecule has 132 valence electrons. The molecule has 1 aromatic heterocycles. The smallest absolute Gasteiger partial charge is 0.334 e. The Morgan fingerprint density at radius 2 is 2.08 bits per heavy atom. The Kier molecular flexibility index (Phi) is 4.80. The van der Waals surface area contributed by atoms with Crippen LogP contribution in [0.2, 0.25) is 0 Å². The van der Waals surface area contributed by atoms with Crippen LogP contribution in [0.1, 0.15) is 13.3 Å². The fraction of sp³-hybridized carbons (Fsp3) is 0.412. The van der Waals surface area contributed by atoms with Gasteiger partial charge in [-0.2, -0.15) is 0 Å². The Balaban J connectivity index is 1.69. The van der Waals surface area contributed by atoms with Gasteiger partial charge in [-0.05, 0) is 19.1 Å². The van der Waals surface area contributed by atoms with Gasteiger partial charge in [0.1, 0.15) is 0 Å². The molecule has 1 fully saturated rings. The third-order valence-corrected chi connectivity index (χ3v) is 4.19. The number of benzene rings is 1. The Morgan fingerprint density at radius 3 is 2.84 bits per heavy atom. The van der Waals surface area contributed by atoms with Gasteiger partial charge in [-0.3, -0.25) is 14.2 Å². The number of carbonyl (C=O) groups is 2. The van der Waals surface area contributed by atoms with Crippen LogP contribution < -0.4 is 5.56 Å². The molecule has 0 bridgehead atoms. The van der Waals surface area contributed by atoms with Crippen LogP contribution in [0, 0.1) is 0 Å². The molecule has 2 atom stereocenters. The molecule has 1 N–H and O–H groups in total. The van der Waals surface area contributed by atoms with Crippen LogP contribution in [-0.4, -0.2) is 56.7 Å². The number of amides is 1. The zero-order valence-corrected chi connectivity index (χ0v) is 13.8. The topological polar surface area (TPSA) is 102 Å². The second kappa shape index (κ2) is 7.02. The third-order valence-electron chi connectivity index (χ3n) is 4.19. The maximum Gasteiger partial charge on any atom is 0.334 e. The molecule has 25 heavy (non-hydrogen) atoms. The molecule has 0 spiro atoms. The zero-order chi connectivity index (χ0) is 18.0. The Labute approximate surface area is 143 Å². The number of ether oxygens (including phenoxy) is 1. The molecule has 1 unspecified atom stereocenters. The Bertz CT molecular complexity index is 863. The molecule has 2 heterocycles. The maximum atomic E-state index is 12.4. The predicted molar refractivity (Wildman–Crippen MR) is 89.2 cm³/mol. The van der Waals surface area contributed by atoms with E-state index in [9.17, 15) is 14.4 Å². The molecule has 1 saturated heterocycles. The number of nitrogens with zero attached hydrogens (tertiary/aromatic N) is 3. The van der Waals surface area contributed by atoms with Crippen LogP contribution in [0.3, 0.4) is 0 Å². The van der Waals surface area contributed by atoms with Crippen molar-refractivity contribution >= 4 is 22.8 Å². The number of hydrogen-bond acceptors (Lipinski definition) is 5. The molecule has 2 aromatic rings. The van der Waals surface area contributed by atoms with Crippen molar-refractivity contribution in [2.75, 3.05) is 13.1 Å². The van der Waals surface area contributed by atoms with Crippen molar-refractivity contribution in [3.63, 3.8) is 0 Å². The van der Waals surface area contributed by atoms with Crippen LogP contribution in [0.25, 0.3) is 10.9 Å². The summed E-state index contributed by atoms with van der Waals surface area (Å²) in [5.74, 6) is -1.29. The van der Waals surface area contributed by atoms with Crippen LogP contribution in [0.5, 0.6) is 0 Å². The lowest BCUT2D eigenvalue weighted by Gasteiger charge is -2.35. The molecule has 0 aliphatic carbocycles. The first-order valence-electron chi connectivity index (χ1n) is 8.06. The first kappa shape index (κ1) is 17.1. The standard InChI is InChI=1S/C17H19N3O5/c1-11-8-20(9-14(25-11)17(23)24)15(21)6-7-19-10-18-13-5-3-2-4-12(13)16(19)22/h2-5,10-11,14H,6-9H2,1H3,(H,23,24)/t11-,14?/m1/s1. The highest BCUT2D eigenvalue weighted by molar-refractivity contribution is 5.79. The summed E-state index contributed by atoms with van der Waals surface area (Å²) in [6.45, 7) is 2.28. The number of hydrogen-bond donors (Lipinski definition) is 1. The first-order valence-corrected chi connectivity index (χ1v) is 8.06. The van der Waals surface area contributed by atoms with Gasteiger partial charge in [-0.15, -0.1) is 0 Å². The number of fused-ring (bicyclic) bond motifs is 1. The van der Waals surface area contributed by atoms with E-state index in [1.54, 1.807) is 31.2 Å². The van der Waals surface area contributed by atoms with Crippen LogP contribution >= 0.6 is 0 Å². The minimum absolute atomic E-state index is 0.0172. The van der Waals surface area contributed by atoms with Gasteiger partial charge in [0, 0.05) is 19.5 Å². The highest BCUT2D eigenvalue weighted by Crippen LogP contribution is 2.13. The number of carboxylic acid groups (broad SMARTS) is 1. The molecule has 1 amide bonds. The van der Waals surface area contributed by atoms with E-state index in [1.807, 2.05) is 0 Å². The van der Waals surface area contributed by atoms with E-state index in [-0.39, 0.29) is 37.1 Å². The molecular formula is C17H19N3O5. The number of aryl methyl sites for hydroxylation is 1. The minimum atomic E-state index is -1.08. The van der Waals surface area contributed by atoms with E-state index in [4.69, 9.17) is 9.84 Å². The monoisotopic (exact) mass is 345 g/mol. The number of carboxylic acids is 1. The average molecular weight is 345 g/mol. The molecular weight excluding hydrogens is 326 g/mol. The SMILES string of the molecule is C[C@@H]1CN(C(=O)CCn2cnc3ccccc3c2=O)CC(C(=O)O)O1. The van der Waals surface area contributed by atoms with Gasteiger partial charge in [0.05, 0.1) is 29.9 Å². The summed E-state index contributed by atoms with van der Waals surface area (Å²) < 4.78 is 6.70. The van der Waals surface area contributed by atoms with Gasteiger partial charge in [-0.25, -0.2) is 9.78 Å². The molecule has 3 rings (SSSR count). The van der Waals surface area contributed by atoms with Gasteiger partial charge in [0.15, 0.2) is 6.10 Å². The van der Waals surface area contributed by atoms with Crippen molar-refractivity contribution in [2.45, 2.75) is 32.1 Å². The molecule has 8 nitrogen and oxygen atoms in total. The van der Waals surface area contributed by atoms with Gasteiger partial charge in [0.25, 0.3) is 5.56 Å². The quantitative estimate of drug-likeness (QED) is 0.865. The van der Waals surface area contributed by atoms with E-state index in [0.29, 0.717) is 17.4 Å². The second-order valence-corrected chi connectivity index (χ2v) is 6.08. The largest absolute Gasteiger partial charge is 0.479 e. The summed E-state index contributed by atoms with van der Waals surface area (Å²) in [6, 6.07) is 7.03. The van der Waals surface area contributed by atoms with Crippen LogP contribution in [0.15, 0.2) is 35.4 Å². The van der Waals surface area contributed by atoms with Gasteiger partial charge >= 0.3 is 5.97 Å². The van der Waals surface area contributed by atoms with Crippen molar-refractivity contribution in [3.8, 4) is 0 Å². The molecule has 8 heteroatoms. The summed E-state index contributed by atoms with van der Waals surface area (Å²) in [5.41, 5.74) is 0.415. The van der Waals surface area contributed by atoms with Crippen molar-refractivity contribution < 1.29 is 19.4 Å². The minimum Gasteiger partial charge on any atom is -0.479 e. The van der Waals surface area contributed by atoms with Gasteiger partial charge < -0.3 is 14.7 Å². The number of para-hydroxylation sites is 1. The van der Waals surface area contributed by atoms with Crippen molar-refractivity contribution in [2.24, 2.45) is 0 Å². The summed E-state index contributed by atoms with van der Waals surface area (Å²) in [4.78, 5) is 41.6. The zero-order valence-electron chi connectivity index (χ0n) is 13.8. The highest BCUT2D eigenvalue weighted by atomic mass is 16.5. The van der Waals surface area contributed by atoms with E-state index < -0.39 is 12.1 Å². The average Bonchev–Trinajstić information content (AvgIpc) is 2.60. The molecule has 0 saturated carbocycles. The lowest BCUT2D eigenvalue weighted by Crippen LogP contribution is -2.52. The molecule has 1 aliphatic heterocycles. The van der Waals surface area contributed by atoms with E-state index >= 15 is 0 Å². The Morgan fingerprint density at radius 1 is 1.32 bits per heavy atom. The fourth-order valence-corrected chi connectivity index (χ4v) is 2.93. The Hall–Kier alpha value is -2.74. The summed E-state index contributed by atoms with van der Waals surface area (Å²) in [6.07, 6.45) is 0.167. The van der Waals surface area contributed by atoms with E-state index in [2.05, 4.69) is 4.98 Å². The molecule has 0 radical (unpaired) electrons. The summed E-state index contributed by atoms with van der Waals surface area (Å²) in [5, 5.41) is 9.59.